The molecule has 1 aromatic heterocycles. The molecule has 0 aliphatic rings. The summed E-state index contributed by atoms with van der Waals surface area (Å²) in [6.45, 7) is 0. The van der Waals surface area contributed by atoms with Crippen molar-refractivity contribution in [2.45, 2.75) is 6.36 Å². The molecular formula is C10H6ClF3N2O. The first kappa shape index (κ1) is 11.8. The average molecular weight is 263 g/mol. The van der Waals surface area contributed by atoms with E-state index in [2.05, 4.69) is 14.9 Å². The van der Waals surface area contributed by atoms with Gasteiger partial charge < -0.3 is 4.74 Å². The summed E-state index contributed by atoms with van der Waals surface area (Å²) in [6.07, 6.45) is -3.27. The zero-order valence-corrected chi connectivity index (χ0v) is 9.01. The van der Waals surface area contributed by atoms with Crippen LogP contribution in [0.4, 0.5) is 13.2 Å². The van der Waals surface area contributed by atoms with E-state index in [1.807, 2.05) is 0 Å². The van der Waals surface area contributed by atoms with Gasteiger partial charge in [0.25, 0.3) is 0 Å². The van der Waals surface area contributed by atoms with Gasteiger partial charge in [-0.1, -0.05) is 11.6 Å². The Bertz CT molecular complexity index is 507. The predicted octanol–water partition coefficient (Wildman–Crippen LogP) is 3.63. The minimum Gasteiger partial charge on any atom is -0.406 e. The molecule has 1 aromatic carbocycles. The second-order valence-electron chi connectivity index (χ2n) is 3.17. The van der Waals surface area contributed by atoms with Crippen LogP contribution in [-0.4, -0.2) is 16.6 Å². The number of H-pyrrole nitrogens is 1. The third-order valence-electron chi connectivity index (χ3n) is 1.97. The molecule has 1 heterocycles. The van der Waals surface area contributed by atoms with Crippen LogP contribution in [0.2, 0.25) is 5.02 Å². The third-order valence-corrected chi connectivity index (χ3v) is 2.26. The number of ether oxygens (including phenoxy) is 1. The molecule has 2 rings (SSSR count). The standard InChI is InChI=1S/C10H6ClF3N2O/c11-8-5-15-16-9(8)6-1-3-7(4-2-6)17-10(12,13)14/h1-5H,(H,15,16). The molecule has 90 valence electrons. The Morgan fingerprint density at radius 3 is 2.29 bits per heavy atom. The van der Waals surface area contributed by atoms with Gasteiger partial charge in [0.2, 0.25) is 0 Å². The van der Waals surface area contributed by atoms with Gasteiger partial charge in [-0.25, -0.2) is 0 Å². The summed E-state index contributed by atoms with van der Waals surface area (Å²) in [6, 6.07) is 5.33. The van der Waals surface area contributed by atoms with Gasteiger partial charge in [-0.05, 0) is 24.3 Å². The summed E-state index contributed by atoms with van der Waals surface area (Å²) in [5.74, 6) is -0.281. The number of halogens is 4. The van der Waals surface area contributed by atoms with Crippen molar-refractivity contribution < 1.29 is 17.9 Å². The molecule has 0 unspecified atom stereocenters. The zero-order chi connectivity index (χ0) is 12.5. The highest BCUT2D eigenvalue weighted by atomic mass is 35.5. The van der Waals surface area contributed by atoms with Crippen molar-refractivity contribution in [3.63, 3.8) is 0 Å². The Morgan fingerprint density at radius 2 is 1.82 bits per heavy atom. The van der Waals surface area contributed by atoms with Crippen LogP contribution < -0.4 is 4.74 Å². The first-order chi connectivity index (χ1) is 7.96. The first-order valence-corrected chi connectivity index (χ1v) is 4.88. The van der Waals surface area contributed by atoms with Gasteiger partial charge in [0.15, 0.2) is 0 Å². The lowest BCUT2D eigenvalue weighted by Gasteiger charge is -2.08. The van der Waals surface area contributed by atoms with E-state index < -0.39 is 6.36 Å². The molecule has 17 heavy (non-hydrogen) atoms. The molecule has 0 radical (unpaired) electrons. The molecule has 0 atom stereocenters. The highest BCUT2D eigenvalue weighted by molar-refractivity contribution is 6.32. The zero-order valence-electron chi connectivity index (χ0n) is 8.25. The smallest absolute Gasteiger partial charge is 0.406 e. The normalized spacial score (nSPS) is 11.5. The number of benzene rings is 1. The summed E-state index contributed by atoms with van der Waals surface area (Å²) in [5, 5.41) is 6.75. The highest BCUT2D eigenvalue weighted by Crippen LogP contribution is 2.28. The number of alkyl halides is 3. The van der Waals surface area contributed by atoms with Crippen LogP contribution in [0.25, 0.3) is 11.3 Å². The number of aromatic amines is 1. The van der Waals surface area contributed by atoms with Gasteiger partial charge in [0.05, 0.1) is 16.9 Å². The van der Waals surface area contributed by atoms with E-state index in [1.165, 1.54) is 30.5 Å². The number of hydrogen-bond donors (Lipinski definition) is 1. The van der Waals surface area contributed by atoms with Crippen molar-refractivity contribution >= 4 is 11.6 Å². The summed E-state index contributed by atoms with van der Waals surface area (Å²) in [7, 11) is 0. The van der Waals surface area contributed by atoms with Gasteiger partial charge in [-0.2, -0.15) is 5.10 Å². The molecule has 0 spiro atoms. The Morgan fingerprint density at radius 1 is 1.18 bits per heavy atom. The van der Waals surface area contributed by atoms with Gasteiger partial charge in [0, 0.05) is 5.56 Å². The van der Waals surface area contributed by atoms with Crippen LogP contribution in [0.3, 0.4) is 0 Å². The van der Waals surface area contributed by atoms with Crippen molar-refractivity contribution in [1.82, 2.24) is 10.2 Å². The van der Waals surface area contributed by atoms with Crippen LogP contribution in [0, 0.1) is 0 Å². The fourth-order valence-electron chi connectivity index (χ4n) is 1.30. The second kappa shape index (κ2) is 4.29. The number of hydrogen-bond acceptors (Lipinski definition) is 2. The predicted molar refractivity (Wildman–Crippen MR) is 55.7 cm³/mol. The minimum atomic E-state index is -4.69. The molecule has 0 saturated carbocycles. The van der Waals surface area contributed by atoms with Crippen LogP contribution in [0.1, 0.15) is 0 Å². The van der Waals surface area contributed by atoms with E-state index in [4.69, 9.17) is 11.6 Å². The topological polar surface area (TPSA) is 37.9 Å². The quantitative estimate of drug-likeness (QED) is 0.897. The highest BCUT2D eigenvalue weighted by Gasteiger charge is 2.30. The molecule has 1 N–H and O–H groups in total. The molecule has 0 fully saturated rings. The maximum atomic E-state index is 11.9. The van der Waals surface area contributed by atoms with Crippen LogP contribution in [0.5, 0.6) is 5.75 Å². The van der Waals surface area contributed by atoms with Gasteiger partial charge in [-0.15, -0.1) is 13.2 Å². The fourth-order valence-corrected chi connectivity index (χ4v) is 1.50. The Balaban J connectivity index is 2.22. The van der Waals surface area contributed by atoms with Crippen molar-refractivity contribution in [3.8, 4) is 17.0 Å². The number of aromatic nitrogens is 2. The molecule has 0 amide bonds. The molecule has 0 saturated heterocycles. The Kier molecular flexibility index (Phi) is 2.97. The molecule has 0 aliphatic heterocycles. The Labute approximate surface area is 99.2 Å². The van der Waals surface area contributed by atoms with E-state index in [9.17, 15) is 13.2 Å². The lowest BCUT2D eigenvalue weighted by molar-refractivity contribution is -0.274. The second-order valence-corrected chi connectivity index (χ2v) is 3.57. The lowest BCUT2D eigenvalue weighted by atomic mass is 10.1. The maximum absolute atomic E-state index is 11.9. The lowest BCUT2D eigenvalue weighted by Crippen LogP contribution is -2.16. The summed E-state index contributed by atoms with van der Waals surface area (Å²) >= 11 is 5.82. The molecule has 0 aliphatic carbocycles. The van der Waals surface area contributed by atoms with Gasteiger partial charge in [-0.3, -0.25) is 5.10 Å². The van der Waals surface area contributed by atoms with Gasteiger partial charge >= 0.3 is 6.36 Å². The molecule has 0 bridgehead atoms. The summed E-state index contributed by atoms with van der Waals surface area (Å²) in [4.78, 5) is 0. The van der Waals surface area contributed by atoms with Crippen LogP contribution in [-0.2, 0) is 0 Å². The SMILES string of the molecule is FC(F)(F)Oc1ccc(-c2[nH]ncc2Cl)cc1. The molecule has 7 heteroatoms. The fraction of sp³-hybridized carbons (Fsp3) is 0.100. The van der Waals surface area contributed by atoms with Gasteiger partial charge in [0.1, 0.15) is 5.75 Å². The van der Waals surface area contributed by atoms with Crippen LogP contribution in [0.15, 0.2) is 30.5 Å². The van der Waals surface area contributed by atoms with E-state index in [0.29, 0.717) is 16.3 Å². The van der Waals surface area contributed by atoms with Crippen LogP contribution >= 0.6 is 11.6 Å². The van der Waals surface area contributed by atoms with E-state index in [-0.39, 0.29) is 5.75 Å². The number of nitrogens with one attached hydrogen (secondary N) is 1. The maximum Gasteiger partial charge on any atom is 0.573 e. The van der Waals surface area contributed by atoms with E-state index in [0.717, 1.165) is 0 Å². The Hall–Kier alpha value is -1.69. The molecule has 3 nitrogen and oxygen atoms in total. The summed E-state index contributed by atoms with van der Waals surface area (Å²) < 4.78 is 39.5. The van der Waals surface area contributed by atoms with Crippen molar-refractivity contribution in [3.05, 3.63) is 35.5 Å². The number of nitrogens with zero attached hydrogens (tertiary/aromatic N) is 1. The monoisotopic (exact) mass is 262 g/mol. The van der Waals surface area contributed by atoms with E-state index >= 15 is 0 Å². The largest absolute Gasteiger partial charge is 0.573 e. The molecule has 2 aromatic rings. The average Bonchev–Trinajstić information content (AvgIpc) is 2.63. The minimum absolute atomic E-state index is 0.281. The third kappa shape index (κ3) is 2.91. The summed E-state index contributed by atoms with van der Waals surface area (Å²) in [5.41, 5.74) is 1.17. The number of rotatable bonds is 2. The van der Waals surface area contributed by atoms with Crippen molar-refractivity contribution in [1.29, 1.82) is 0 Å². The molecular weight excluding hydrogens is 257 g/mol. The van der Waals surface area contributed by atoms with Crippen molar-refractivity contribution in [2.75, 3.05) is 0 Å². The van der Waals surface area contributed by atoms with E-state index in [1.54, 1.807) is 0 Å². The van der Waals surface area contributed by atoms with Crippen molar-refractivity contribution in [2.24, 2.45) is 0 Å². The first-order valence-electron chi connectivity index (χ1n) is 4.51.